The van der Waals surface area contributed by atoms with E-state index in [2.05, 4.69) is 9.97 Å². The van der Waals surface area contributed by atoms with E-state index in [-0.39, 0.29) is 11.4 Å². The zero-order valence-electron chi connectivity index (χ0n) is 7.14. The maximum atomic E-state index is 10.8. The molecule has 0 unspecified atom stereocenters. The van der Waals surface area contributed by atoms with Crippen molar-refractivity contribution in [3.8, 4) is 5.75 Å². The van der Waals surface area contributed by atoms with Crippen molar-refractivity contribution in [2.45, 2.75) is 0 Å². The summed E-state index contributed by atoms with van der Waals surface area (Å²) in [4.78, 5) is 18.5. The molecule has 1 amide bonds. The van der Waals surface area contributed by atoms with Crippen molar-refractivity contribution < 1.29 is 9.90 Å². The fourth-order valence-electron chi connectivity index (χ4n) is 1.21. The number of aromatic hydroxyl groups is 1. The third kappa shape index (κ3) is 1.15. The Kier molecular flexibility index (Phi) is 1.78. The molecule has 0 saturated heterocycles. The van der Waals surface area contributed by atoms with Crippen molar-refractivity contribution in [3.05, 3.63) is 30.2 Å². The quantitative estimate of drug-likeness (QED) is 0.680. The number of hydrogen-bond acceptors (Lipinski definition) is 4. The Morgan fingerprint density at radius 3 is 2.93 bits per heavy atom. The van der Waals surface area contributed by atoms with Crippen molar-refractivity contribution in [1.82, 2.24) is 9.97 Å². The maximum absolute atomic E-state index is 10.8. The number of carbonyl (C=O) groups excluding carboxylic acids is 1. The van der Waals surface area contributed by atoms with Gasteiger partial charge in [0.15, 0.2) is 11.4 Å². The molecule has 2 heterocycles. The first-order valence-corrected chi connectivity index (χ1v) is 3.92. The lowest BCUT2D eigenvalue weighted by Crippen LogP contribution is -2.13. The molecule has 14 heavy (non-hydrogen) atoms. The van der Waals surface area contributed by atoms with E-state index in [4.69, 9.17) is 5.73 Å². The number of pyridine rings is 2. The molecule has 70 valence electrons. The lowest BCUT2D eigenvalue weighted by atomic mass is 10.2. The molecule has 3 N–H and O–H groups in total. The zero-order valence-corrected chi connectivity index (χ0v) is 7.14. The highest BCUT2D eigenvalue weighted by Crippen LogP contribution is 2.23. The van der Waals surface area contributed by atoms with E-state index in [1.807, 2.05) is 0 Å². The molecule has 0 saturated carbocycles. The van der Waals surface area contributed by atoms with Gasteiger partial charge in [-0.3, -0.25) is 9.78 Å². The molecule has 0 aliphatic rings. The summed E-state index contributed by atoms with van der Waals surface area (Å²) in [5.74, 6) is -1.04. The van der Waals surface area contributed by atoms with Crippen LogP contribution < -0.4 is 5.73 Å². The van der Waals surface area contributed by atoms with Crippen molar-refractivity contribution >= 4 is 16.8 Å². The molecule has 5 heteroatoms. The van der Waals surface area contributed by atoms with Gasteiger partial charge in [0.05, 0.1) is 0 Å². The fourth-order valence-corrected chi connectivity index (χ4v) is 1.21. The average Bonchev–Trinajstić information content (AvgIpc) is 2.18. The Balaban J connectivity index is 2.81. The van der Waals surface area contributed by atoms with Gasteiger partial charge in [-0.05, 0) is 12.1 Å². The van der Waals surface area contributed by atoms with Gasteiger partial charge >= 0.3 is 0 Å². The summed E-state index contributed by atoms with van der Waals surface area (Å²) in [5, 5.41) is 10.3. The van der Waals surface area contributed by atoms with Gasteiger partial charge in [-0.1, -0.05) is 0 Å². The molecule has 0 radical (unpaired) electrons. The second-order valence-electron chi connectivity index (χ2n) is 2.76. The first kappa shape index (κ1) is 8.43. The number of fused-ring (bicyclic) bond motifs is 1. The van der Waals surface area contributed by atoms with E-state index in [0.717, 1.165) is 0 Å². The Hall–Kier alpha value is -2.17. The average molecular weight is 189 g/mol. The van der Waals surface area contributed by atoms with Crippen molar-refractivity contribution in [2.24, 2.45) is 5.73 Å². The van der Waals surface area contributed by atoms with Crippen LogP contribution in [-0.2, 0) is 0 Å². The zero-order chi connectivity index (χ0) is 10.1. The van der Waals surface area contributed by atoms with E-state index in [0.29, 0.717) is 10.9 Å². The van der Waals surface area contributed by atoms with Crippen LogP contribution >= 0.6 is 0 Å². The number of carbonyl (C=O) groups is 1. The minimum absolute atomic E-state index is 0.156. The number of aromatic nitrogens is 2. The number of primary amides is 1. The molecule has 2 aromatic rings. The second-order valence-corrected chi connectivity index (χ2v) is 2.76. The summed E-state index contributed by atoms with van der Waals surface area (Å²) in [6.45, 7) is 0. The van der Waals surface area contributed by atoms with Crippen LogP contribution in [0.3, 0.4) is 0 Å². The van der Waals surface area contributed by atoms with Gasteiger partial charge in [0.2, 0.25) is 0 Å². The van der Waals surface area contributed by atoms with Crippen LogP contribution in [0, 0.1) is 0 Å². The van der Waals surface area contributed by atoms with Gasteiger partial charge in [-0.15, -0.1) is 0 Å². The number of amides is 1. The van der Waals surface area contributed by atoms with Crippen molar-refractivity contribution in [2.75, 3.05) is 0 Å². The standard InChI is InChI=1S/C9H7N3O2/c10-9(14)7-8(13)6-5(4-12-7)2-1-3-11-6/h1-4,13H,(H2,10,14). The minimum Gasteiger partial charge on any atom is -0.504 e. The predicted molar refractivity (Wildman–Crippen MR) is 49.7 cm³/mol. The third-order valence-corrected chi connectivity index (χ3v) is 1.85. The van der Waals surface area contributed by atoms with E-state index < -0.39 is 5.91 Å². The maximum Gasteiger partial charge on any atom is 0.271 e. The summed E-state index contributed by atoms with van der Waals surface area (Å²) in [7, 11) is 0. The summed E-state index contributed by atoms with van der Waals surface area (Å²) < 4.78 is 0. The molecule has 0 atom stereocenters. The highest BCUT2D eigenvalue weighted by Gasteiger charge is 2.12. The predicted octanol–water partition coefficient (Wildman–Crippen LogP) is 0.434. The van der Waals surface area contributed by atoms with Crippen LogP contribution in [0.25, 0.3) is 10.9 Å². The van der Waals surface area contributed by atoms with Crippen LogP contribution in [0.5, 0.6) is 5.75 Å². The number of nitrogens with zero attached hydrogens (tertiary/aromatic N) is 2. The normalized spacial score (nSPS) is 10.3. The molecule has 0 aliphatic carbocycles. The summed E-state index contributed by atoms with van der Waals surface area (Å²) in [5.41, 5.74) is 5.19. The lowest BCUT2D eigenvalue weighted by Gasteiger charge is -2.02. The molecular formula is C9H7N3O2. The Morgan fingerprint density at radius 2 is 2.21 bits per heavy atom. The Labute approximate surface area is 79.2 Å². The van der Waals surface area contributed by atoms with Crippen LogP contribution in [0.15, 0.2) is 24.5 Å². The van der Waals surface area contributed by atoms with Gasteiger partial charge in [0, 0.05) is 17.8 Å². The van der Waals surface area contributed by atoms with Gasteiger partial charge in [-0.25, -0.2) is 4.98 Å². The van der Waals surface area contributed by atoms with E-state index in [1.165, 1.54) is 12.4 Å². The summed E-state index contributed by atoms with van der Waals surface area (Å²) in [6.07, 6.45) is 2.97. The van der Waals surface area contributed by atoms with Crippen LogP contribution in [0.4, 0.5) is 0 Å². The molecule has 2 aromatic heterocycles. The number of hydrogen-bond donors (Lipinski definition) is 2. The number of rotatable bonds is 1. The SMILES string of the molecule is NC(=O)c1ncc2cccnc2c1O. The summed E-state index contributed by atoms with van der Waals surface area (Å²) in [6, 6.07) is 3.45. The molecule has 0 fully saturated rings. The highest BCUT2D eigenvalue weighted by atomic mass is 16.3. The van der Waals surface area contributed by atoms with E-state index in [1.54, 1.807) is 12.1 Å². The Morgan fingerprint density at radius 1 is 1.43 bits per heavy atom. The second kappa shape index (κ2) is 2.95. The minimum atomic E-state index is -0.768. The molecule has 5 nitrogen and oxygen atoms in total. The molecule has 0 spiro atoms. The molecular weight excluding hydrogens is 182 g/mol. The fraction of sp³-hybridized carbons (Fsp3) is 0. The smallest absolute Gasteiger partial charge is 0.271 e. The van der Waals surface area contributed by atoms with Crippen LogP contribution in [0.2, 0.25) is 0 Å². The van der Waals surface area contributed by atoms with Crippen molar-refractivity contribution in [1.29, 1.82) is 0 Å². The van der Waals surface area contributed by atoms with Gasteiger partial charge in [-0.2, -0.15) is 0 Å². The molecule has 2 rings (SSSR count). The lowest BCUT2D eigenvalue weighted by molar-refractivity contribution is 0.0993. The van der Waals surface area contributed by atoms with Crippen LogP contribution in [-0.4, -0.2) is 21.0 Å². The topological polar surface area (TPSA) is 89.1 Å². The first-order chi connectivity index (χ1) is 6.70. The van der Waals surface area contributed by atoms with Gasteiger partial charge in [0.25, 0.3) is 5.91 Å². The monoisotopic (exact) mass is 189 g/mol. The highest BCUT2D eigenvalue weighted by molar-refractivity contribution is 5.99. The van der Waals surface area contributed by atoms with Crippen LogP contribution in [0.1, 0.15) is 10.5 Å². The van der Waals surface area contributed by atoms with E-state index >= 15 is 0 Å². The number of nitrogens with two attached hydrogens (primary N) is 1. The summed E-state index contributed by atoms with van der Waals surface area (Å²) >= 11 is 0. The largest absolute Gasteiger partial charge is 0.504 e. The van der Waals surface area contributed by atoms with Crippen molar-refractivity contribution in [3.63, 3.8) is 0 Å². The van der Waals surface area contributed by atoms with Gasteiger partial charge < -0.3 is 10.8 Å². The molecule has 0 bridgehead atoms. The van der Waals surface area contributed by atoms with Gasteiger partial charge in [0.1, 0.15) is 5.52 Å². The van der Waals surface area contributed by atoms with E-state index in [9.17, 15) is 9.90 Å². The Bertz CT molecular complexity index is 510. The first-order valence-electron chi connectivity index (χ1n) is 3.92. The molecule has 0 aliphatic heterocycles. The third-order valence-electron chi connectivity index (χ3n) is 1.85. The molecule has 0 aromatic carbocycles.